The highest BCUT2D eigenvalue weighted by atomic mass is 16.2. The third kappa shape index (κ3) is 4.56. The molecule has 11 heteroatoms. The van der Waals surface area contributed by atoms with E-state index in [4.69, 9.17) is 0 Å². The molecule has 2 fully saturated rings. The minimum Gasteiger partial charge on any atom is -0.354 e. The van der Waals surface area contributed by atoms with Crippen molar-refractivity contribution >= 4 is 23.6 Å². The lowest BCUT2D eigenvalue weighted by atomic mass is 10.0. The van der Waals surface area contributed by atoms with Gasteiger partial charge in [0.15, 0.2) is 0 Å². The topological polar surface area (TPSA) is 137 Å². The number of aromatic nitrogens is 3. The molecule has 2 aromatic rings. The molecule has 4 amide bonds. The Morgan fingerprint density at radius 1 is 1.03 bits per heavy atom. The number of rotatable bonds is 4. The summed E-state index contributed by atoms with van der Waals surface area (Å²) in [6.45, 7) is 0.955. The molecular formula is C21H23N7O4. The van der Waals surface area contributed by atoms with Gasteiger partial charge in [-0.05, 0) is 25.0 Å². The second-order valence-electron chi connectivity index (χ2n) is 7.63. The lowest BCUT2D eigenvalue weighted by Crippen LogP contribution is -2.63. The predicted molar refractivity (Wildman–Crippen MR) is 111 cm³/mol. The van der Waals surface area contributed by atoms with Crippen LogP contribution >= 0.6 is 0 Å². The summed E-state index contributed by atoms with van der Waals surface area (Å²) in [6.07, 6.45) is 8.40. The van der Waals surface area contributed by atoms with Crippen molar-refractivity contribution in [3.8, 4) is 0 Å². The van der Waals surface area contributed by atoms with E-state index in [1.807, 2.05) is 0 Å². The molecule has 166 valence electrons. The van der Waals surface area contributed by atoms with Gasteiger partial charge in [-0.3, -0.25) is 24.2 Å². The van der Waals surface area contributed by atoms with Gasteiger partial charge >= 0.3 is 0 Å². The molecule has 2 N–H and O–H groups in total. The Kier molecular flexibility index (Phi) is 6.34. The van der Waals surface area contributed by atoms with Crippen LogP contribution in [-0.4, -0.2) is 86.6 Å². The van der Waals surface area contributed by atoms with Gasteiger partial charge < -0.3 is 20.4 Å². The van der Waals surface area contributed by atoms with Crippen LogP contribution in [0.5, 0.6) is 0 Å². The van der Waals surface area contributed by atoms with Gasteiger partial charge in [-0.15, -0.1) is 0 Å². The molecule has 4 heterocycles. The molecule has 0 aliphatic carbocycles. The summed E-state index contributed by atoms with van der Waals surface area (Å²) >= 11 is 0. The molecule has 2 aliphatic heterocycles. The quantitative estimate of drug-likeness (QED) is 0.641. The van der Waals surface area contributed by atoms with Crippen molar-refractivity contribution in [3.05, 3.63) is 54.4 Å². The zero-order chi connectivity index (χ0) is 22.5. The Morgan fingerprint density at radius 3 is 2.53 bits per heavy atom. The molecule has 11 nitrogen and oxygen atoms in total. The number of carbonyl (C=O) groups excluding carboxylic acids is 4. The number of nitrogens with one attached hydrogen (secondary N) is 2. The van der Waals surface area contributed by atoms with Crippen molar-refractivity contribution in [2.45, 2.75) is 24.9 Å². The average molecular weight is 437 g/mol. The zero-order valence-corrected chi connectivity index (χ0v) is 17.3. The first-order valence-electron chi connectivity index (χ1n) is 10.4. The fourth-order valence-corrected chi connectivity index (χ4v) is 3.86. The van der Waals surface area contributed by atoms with E-state index in [1.54, 1.807) is 18.3 Å². The molecule has 2 atom stereocenters. The minimum absolute atomic E-state index is 0.0140. The van der Waals surface area contributed by atoms with E-state index in [2.05, 4.69) is 25.6 Å². The number of carbonyl (C=O) groups is 4. The molecule has 0 aromatic carbocycles. The lowest BCUT2D eigenvalue weighted by Gasteiger charge is -2.41. The Balaban J connectivity index is 1.56. The van der Waals surface area contributed by atoms with Gasteiger partial charge in [-0.2, -0.15) is 0 Å². The molecule has 4 rings (SSSR count). The highest BCUT2D eigenvalue weighted by molar-refractivity contribution is 5.99. The van der Waals surface area contributed by atoms with Crippen LogP contribution in [0.4, 0.5) is 0 Å². The highest BCUT2D eigenvalue weighted by Crippen LogP contribution is 2.17. The monoisotopic (exact) mass is 437 g/mol. The molecule has 2 aromatic heterocycles. The fraction of sp³-hybridized carbons (Fsp3) is 0.381. The highest BCUT2D eigenvalue weighted by Gasteiger charge is 2.39. The van der Waals surface area contributed by atoms with Crippen LogP contribution in [0.2, 0.25) is 0 Å². The largest absolute Gasteiger partial charge is 0.354 e. The SMILES string of the molecule is O=C1NCCCC1NC(=O)C1CN(C(=O)c2cncnc2)CCN1C(=O)c1cccnc1. The van der Waals surface area contributed by atoms with Gasteiger partial charge in [0, 0.05) is 44.4 Å². The molecule has 2 aliphatic rings. The van der Waals surface area contributed by atoms with Gasteiger partial charge in [0.1, 0.15) is 18.4 Å². The summed E-state index contributed by atoms with van der Waals surface area (Å²) in [5.41, 5.74) is 0.641. The number of amides is 4. The van der Waals surface area contributed by atoms with E-state index in [0.717, 1.165) is 6.42 Å². The first-order valence-corrected chi connectivity index (χ1v) is 10.4. The fourth-order valence-electron chi connectivity index (χ4n) is 3.86. The van der Waals surface area contributed by atoms with Crippen molar-refractivity contribution < 1.29 is 19.2 Å². The normalized spacial score (nSPS) is 20.9. The second-order valence-corrected chi connectivity index (χ2v) is 7.63. The van der Waals surface area contributed by atoms with E-state index in [1.165, 1.54) is 34.7 Å². The van der Waals surface area contributed by atoms with Crippen molar-refractivity contribution in [2.24, 2.45) is 0 Å². The molecule has 0 radical (unpaired) electrons. The maximum atomic E-state index is 13.2. The second kappa shape index (κ2) is 9.50. The maximum absolute atomic E-state index is 13.2. The van der Waals surface area contributed by atoms with Crippen LogP contribution in [0.1, 0.15) is 33.6 Å². The number of piperidine rings is 1. The number of hydrogen-bond donors (Lipinski definition) is 2. The Labute approximate surface area is 184 Å². The first kappa shape index (κ1) is 21.3. The molecule has 0 spiro atoms. The number of hydrogen-bond acceptors (Lipinski definition) is 7. The van der Waals surface area contributed by atoms with Crippen LogP contribution in [0.15, 0.2) is 43.2 Å². The van der Waals surface area contributed by atoms with Crippen LogP contribution in [-0.2, 0) is 9.59 Å². The summed E-state index contributed by atoms with van der Waals surface area (Å²) in [5.74, 6) is -1.42. The van der Waals surface area contributed by atoms with E-state index < -0.39 is 18.0 Å². The minimum atomic E-state index is -0.959. The van der Waals surface area contributed by atoms with Crippen molar-refractivity contribution in [1.82, 2.24) is 35.4 Å². The number of piperazine rings is 1. The van der Waals surface area contributed by atoms with Crippen LogP contribution in [0.3, 0.4) is 0 Å². The Hall–Kier alpha value is -3.89. The lowest BCUT2D eigenvalue weighted by molar-refractivity contribution is -0.133. The predicted octanol–water partition coefficient (Wildman–Crippen LogP) is -0.767. The number of pyridine rings is 1. The Morgan fingerprint density at radius 2 is 1.81 bits per heavy atom. The third-order valence-electron chi connectivity index (χ3n) is 5.55. The van der Waals surface area contributed by atoms with Gasteiger partial charge in [-0.25, -0.2) is 9.97 Å². The summed E-state index contributed by atoms with van der Waals surface area (Å²) in [5, 5.41) is 5.48. The summed E-state index contributed by atoms with van der Waals surface area (Å²) in [4.78, 5) is 66.0. The Bertz CT molecular complexity index is 1000. The van der Waals surface area contributed by atoms with Gasteiger partial charge in [0.2, 0.25) is 11.8 Å². The van der Waals surface area contributed by atoms with Crippen molar-refractivity contribution in [3.63, 3.8) is 0 Å². The molecule has 0 saturated carbocycles. The molecule has 0 bridgehead atoms. The first-order chi connectivity index (χ1) is 15.5. The summed E-state index contributed by atoms with van der Waals surface area (Å²) in [6, 6.07) is 1.64. The summed E-state index contributed by atoms with van der Waals surface area (Å²) in [7, 11) is 0. The van der Waals surface area contributed by atoms with Gasteiger partial charge in [0.25, 0.3) is 11.8 Å². The molecule has 2 saturated heterocycles. The van der Waals surface area contributed by atoms with Crippen LogP contribution in [0, 0.1) is 0 Å². The van der Waals surface area contributed by atoms with E-state index >= 15 is 0 Å². The number of nitrogens with zero attached hydrogens (tertiary/aromatic N) is 5. The standard InChI is InChI=1S/C21H23N7O4/c29-18-16(4-2-6-25-18)26-19(30)17-12-27(20(31)15-10-23-13-24-11-15)7-8-28(17)21(32)14-3-1-5-22-9-14/h1,3,5,9-11,13,16-17H,2,4,6-8,12H2,(H,25,29)(H,26,30). The van der Waals surface area contributed by atoms with Gasteiger partial charge in [0.05, 0.1) is 17.7 Å². The summed E-state index contributed by atoms with van der Waals surface area (Å²) < 4.78 is 0. The van der Waals surface area contributed by atoms with E-state index in [0.29, 0.717) is 24.1 Å². The van der Waals surface area contributed by atoms with Crippen LogP contribution < -0.4 is 10.6 Å². The molecule has 32 heavy (non-hydrogen) atoms. The molecule has 2 unspecified atom stereocenters. The smallest absolute Gasteiger partial charge is 0.257 e. The van der Waals surface area contributed by atoms with E-state index in [9.17, 15) is 19.2 Å². The van der Waals surface area contributed by atoms with E-state index in [-0.39, 0.29) is 37.4 Å². The third-order valence-corrected chi connectivity index (χ3v) is 5.55. The van der Waals surface area contributed by atoms with Gasteiger partial charge in [-0.1, -0.05) is 0 Å². The molecular weight excluding hydrogens is 414 g/mol. The average Bonchev–Trinajstić information content (AvgIpc) is 2.85. The maximum Gasteiger partial charge on any atom is 0.257 e. The zero-order valence-electron chi connectivity index (χ0n) is 17.3. The van der Waals surface area contributed by atoms with Crippen molar-refractivity contribution in [1.29, 1.82) is 0 Å². The van der Waals surface area contributed by atoms with Crippen LogP contribution in [0.25, 0.3) is 0 Å². The van der Waals surface area contributed by atoms with Crippen molar-refractivity contribution in [2.75, 3.05) is 26.2 Å².